The quantitative estimate of drug-likeness (QED) is 0.906. The van der Waals surface area contributed by atoms with Crippen LogP contribution in [0.2, 0.25) is 0 Å². The smallest absolute Gasteiger partial charge is 0.252 e. The average Bonchev–Trinajstić information content (AvgIpc) is 2.27. The third kappa shape index (κ3) is 4.42. The molecule has 1 rings (SSSR count). The Hall–Kier alpha value is -0.870. The van der Waals surface area contributed by atoms with E-state index in [0.29, 0.717) is 11.5 Å². The molecule has 0 fully saturated rings. The van der Waals surface area contributed by atoms with Gasteiger partial charge in [0, 0.05) is 17.1 Å². The number of nitrogens with one attached hydrogen (secondary N) is 1. The number of rotatable bonds is 5. The molecule has 1 aromatic rings. The molecule has 18 heavy (non-hydrogen) atoms. The van der Waals surface area contributed by atoms with Crippen molar-refractivity contribution in [2.45, 2.75) is 19.9 Å². The van der Waals surface area contributed by atoms with Crippen molar-refractivity contribution in [1.29, 1.82) is 0 Å². The molecule has 0 saturated carbocycles. The molecule has 1 unspecified atom stereocenters. The predicted molar refractivity (Wildman–Crippen MR) is 78.8 cm³/mol. The standard InChI is InChI=1S/C14H21BrN2O/c1-10(2)13(9-17(3)4)16-14(18)11-7-5-6-8-12(11)15/h5-8,10,13H,9H2,1-4H3,(H,16,18). The maximum Gasteiger partial charge on any atom is 0.252 e. The van der Waals surface area contributed by atoms with Gasteiger partial charge in [-0.1, -0.05) is 26.0 Å². The van der Waals surface area contributed by atoms with Gasteiger partial charge in [-0.05, 0) is 48.1 Å². The van der Waals surface area contributed by atoms with Crippen LogP contribution in [0.15, 0.2) is 28.7 Å². The van der Waals surface area contributed by atoms with E-state index in [2.05, 4.69) is 40.0 Å². The molecule has 0 heterocycles. The van der Waals surface area contributed by atoms with Gasteiger partial charge in [-0.25, -0.2) is 0 Å². The zero-order valence-electron chi connectivity index (χ0n) is 11.4. The second-order valence-electron chi connectivity index (χ2n) is 5.07. The molecule has 0 aliphatic carbocycles. The van der Waals surface area contributed by atoms with Crippen LogP contribution in [0, 0.1) is 5.92 Å². The van der Waals surface area contributed by atoms with Crippen molar-refractivity contribution in [3.8, 4) is 0 Å². The largest absolute Gasteiger partial charge is 0.348 e. The fraction of sp³-hybridized carbons (Fsp3) is 0.500. The highest BCUT2D eigenvalue weighted by atomic mass is 79.9. The van der Waals surface area contributed by atoms with Crippen LogP contribution >= 0.6 is 15.9 Å². The Labute approximate surface area is 118 Å². The van der Waals surface area contributed by atoms with Gasteiger partial charge in [0.25, 0.3) is 5.91 Å². The minimum absolute atomic E-state index is 0.0250. The summed E-state index contributed by atoms with van der Waals surface area (Å²) in [6.45, 7) is 5.08. The number of hydrogen-bond acceptors (Lipinski definition) is 2. The second kappa shape index (κ2) is 6.90. The molecular weight excluding hydrogens is 292 g/mol. The lowest BCUT2D eigenvalue weighted by Crippen LogP contribution is -2.45. The van der Waals surface area contributed by atoms with Crippen LogP contribution in [-0.2, 0) is 0 Å². The average molecular weight is 313 g/mol. The van der Waals surface area contributed by atoms with E-state index < -0.39 is 0 Å². The summed E-state index contributed by atoms with van der Waals surface area (Å²) < 4.78 is 0.829. The van der Waals surface area contributed by atoms with E-state index >= 15 is 0 Å². The first-order valence-corrected chi connectivity index (χ1v) is 6.91. The first-order valence-electron chi connectivity index (χ1n) is 6.12. The number of carbonyl (C=O) groups excluding carboxylic acids is 1. The van der Waals surface area contributed by atoms with E-state index in [-0.39, 0.29) is 11.9 Å². The zero-order valence-corrected chi connectivity index (χ0v) is 13.0. The Morgan fingerprint density at radius 1 is 1.33 bits per heavy atom. The van der Waals surface area contributed by atoms with Crippen LogP contribution in [0.5, 0.6) is 0 Å². The van der Waals surface area contributed by atoms with Gasteiger partial charge in [-0.15, -0.1) is 0 Å². The minimum atomic E-state index is -0.0250. The molecule has 0 aliphatic rings. The van der Waals surface area contributed by atoms with Crippen LogP contribution < -0.4 is 5.32 Å². The van der Waals surface area contributed by atoms with Crippen LogP contribution in [0.4, 0.5) is 0 Å². The topological polar surface area (TPSA) is 32.3 Å². The first kappa shape index (κ1) is 15.2. The van der Waals surface area contributed by atoms with Gasteiger partial charge >= 0.3 is 0 Å². The summed E-state index contributed by atoms with van der Waals surface area (Å²) in [5.74, 6) is 0.377. The van der Waals surface area contributed by atoms with Gasteiger partial charge in [-0.3, -0.25) is 4.79 Å². The van der Waals surface area contributed by atoms with E-state index in [1.54, 1.807) is 0 Å². The molecule has 0 aliphatic heterocycles. The summed E-state index contributed by atoms with van der Waals surface area (Å²) in [6.07, 6.45) is 0. The summed E-state index contributed by atoms with van der Waals surface area (Å²) in [5.41, 5.74) is 0.682. The van der Waals surface area contributed by atoms with Gasteiger partial charge in [0.15, 0.2) is 0 Å². The van der Waals surface area contributed by atoms with Crippen LogP contribution in [0.3, 0.4) is 0 Å². The van der Waals surface area contributed by atoms with E-state index in [1.807, 2.05) is 38.4 Å². The Morgan fingerprint density at radius 3 is 2.44 bits per heavy atom. The fourth-order valence-corrected chi connectivity index (χ4v) is 2.17. The number of carbonyl (C=O) groups is 1. The van der Waals surface area contributed by atoms with Crippen LogP contribution in [-0.4, -0.2) is 37.5 Å². The van der Waals surface area contributed by atoms with E-state index in [9.17, 15) is 4.79 Å². The molecule has 0 saturated heterocycles. The van der Waals surface area contributed by atoms with Gasteiger partial charge < -0.3 is 10.2 Å². The minimum Gasteiger partial charge on any atom is -0.348 e. The molecule has 1 N–H and O–H groups in total. The number of amides is 1. The highest BCUT2D eigenvalue weighted by Crippen LogP contribution is 2.16. The molecule has 4 heteroatoms. The summed E-state index contributed by atoms with van der Waals surface area (Å²) >= 11 is 3.40. The monoisotopic (exact) mass is 312 g/mol. The number of likely N-dealkylation sites (N-methyl/N-ethyl adjacent to an activating group) is 1. The van der Waals surface area contributed by atoms with Gasteiger partial charge in [-0.2, -0.15) is 0 Å². The van der Waals surface area contributed by atoms with Gasteiger partial charge in [0.1, 0.15) is 0 Å². The van der Waals surface area contributed by atoms with Crippen molar-refractivity contribution in [3.05, 3.63) is 34.3 Å². The van der Waals surface area contributed by atoms with Crippen molar-refractivity contribution < 1.29 is 4.79 Å². The lowest BCUT2D eigenvalue weighted by Gasteiger charge is -2.25. The number of halogens is 1. The number of nitrogens with zero attached hydrogens (tertiary/aromatic N) is 1. The summed E-state index contributed by atoms with van der Waals surface area (Å²) in [4.78, 5) is 14.3. The van der Waals surface area contributed by atoms with Crippen molar-refractivity contribution in [1.82, 2.24) is 10.2 Å². The maximum absolute atomic E-state index is 12.2. The second-order valence-corrected chi connectivity index (χ2v) is 5.92. The highest BCUT2D eigenvalue weighted by molar-refractivity contribution is 9.10. The molecule has 0 spiro atoms. The highest BCUT2D eigenvalue weighted by Gasteiger charge is 2.18. The van der Waals surface area contributed by atoms with Crippen molar-refractivity contribution in [3.63, 3.8) is 0 Å². The lowest BCUT2D eigenvalue weighted by molar-refractivity contribution is 0.0916. The molecule has 0 bridgehead atoms. The van der Waals surface area contributed by atoms with Crippen LogP contribution in [0.25, 0.3) is 0 Å². The number of benzene rings is 1. The summed E-state index contributed by atoms with van der Waals surface area (Å²) in [7, 11) is 4.03. The van der Waals surface area contributed by atoms with Crippen molar-refractivity contribution in [2.75, 3.05) is 20.6 Å². The van der Waals surface area contributed by atoms with E-state index in [0.717, 1.165) is 11.0 Å². The first-order chi connectivity index (χ1) is 8.41. The SMILES string of the molecule is CC(C)C(CN(C)C)NC(=O)c1ccccc1Br. The lowest BCUT2D eigenvalue weighted by atomic mass is 10.0. The van der Waals surface area contributed by atoms with E-state index in [4.69, 9.17) is 0 Å². The normalized spacial score (nSPS) is 12.8. The molecular formula is C14H21BrN2O. The fourth-order valence-electron chi connectivity index (χ4n) is 1.71. The molecule has 0 radical (unpaired) electrons. The van der Waals surface area contributed by atoms with Gasteiger partial charge in [0.05, 0.1) is 5.56 Å². The third-order valence-electron chi connectivity index (χ3n) is 2.80. The molecule has 1 amide bonds. The maximum atomic E-state index is 12.2. The third-order valence-corrected chi connectivity index (χ3v) is 3.49. The van der Waals surface area contributed by atoms with Gasteiger partial charge in [0.2, 0.25) is 0 Å². The van der Waals surface area contributed by atoms with E-state index in [1.165, 1.54) is 0 Å². The molecule has 1 atom stereocenters. The summed E-state index contributed by atoms with van der Waals surface area (Å²) in [5, 5.41) is 3.09. The summed E-state index contributed by atoms with van der Waals surface area (Å²) in [6, 6.07) is 7.63. The molecule has 100 valence electrons. The molecule has 3 nitrogen and oxygen atoms in total. The Kier molecular flexibility index (Phi) is 5.82. The molecule has 0 aromatic heterocycles. The van der Waals surface area contributed by atoms with Crippen LogP contribution in [0.1, 0.15) is 24.2 Å². The predicted octanol–water partition coefficient (Wildman–Crippen LogP) is 2.77. The zero-order chi connectivity index (χ0) is 13.7. The molecule has 1 aromatic carbocycles. The Bertz CT molecular complexity index is 405. The van der Waals surface area contributed by atoms with Crippen molar-refractivity contribution in [2.24, 2.45) is 5.92 Å². The number of hydrogen-bond donors (Lipinski definition) is 1. The van der Waals surface area contributed by atoms with Crippen molar-refractivity contribution >= 4 is 21.8 Å². The Morgan fingerprint density at radius 2 is 1.94 bits per heavy atom. The Balaban J connectivity index is 2.76.